The Bertz CT molecular complexity index is 691. The van der Waals surface area contributed by atoms with E-state index < -0.39 is 10.8 Å². The number of nitro benzene ring substituents is 1. The third-order valence-corrected chi connectivity index (χ3v) is 3.33. The normalized spacial score (nSPS) is 10.1. The van der Waals surface area contributed by atoms with Gasteiger partial charge in [0.1, 0.15) is 5.56 Å². The fourth-order valence-electron chi connectivity index (χ4n) is 1.61. The van der Waals surface area contributed by atoms with Crippen LogP contribution in [0.3, 0.4) is 0 Å². The van der Waals surface area contributed by atoms with Gasteiger partial charge < -0.3 is 5.32 Å². The number of halogens is 2. The number of carbonyl (C=O) groups is 1. The smallest absolute Gasteiger partial charge is 0.282 e. The van der Waals surface area contributed by atoms with Gasteiger partial charge in [-0.2, -0.15) is 0 Å². The molecule has 0 aliphatic rings. The minimum absolute atomic E-state index is 0.0171. The molecule has 0 fully saturated rings. The lowest BCUT2D eigenvalue weighted by molar-refractivity contribution is -0.385. The van der Waals surface area contributed by atoms with Crippen molar-refractivity contribution in [2.75, 3.05) is 5.32 Å². The number of benzene rings is 2. The lowest BCUT2D eigenvalue weighted by atomic mass is 10.1. The van der Waals surface area contributed by atoms with E-state index in [2.05, 4.69) is 21.2 Å². The first-order valence-electron chi connectivity index (χ1n) is 5.49. The highest BCUT2D eigenvalue weighted by Gasteiger charge is 2.19. The number of rotatable bonds is 3. The lowest BCUT2D eigenvalue weighted by Crippen LogP contribution is -2.14. The second-order valence-electron chi connectivity index (χ2n) is 3.85. The minimum Gasteiger partial charge on any atom is -0.320 e. The van der Waals surface area contributed by atoms with Crippen LogP contribution in [0.15, 0.2) is 46.9 Å². The van der Waals surface area contributed by atoms with Gasteiger partial charge in [-0.25, -0.2) is 0 Å². The van der Waals surface area contributed by atoms with Gasteiger partial charge in [-0.05, 0) is 24.3 Å². The Hall–Kier alpha value is -1.92. The second kappa shape index (κ2) is 6.02. The highest BCUT2D eigenvalue weighted by atomic mass is 79.9. The molecule has 0 saturated carbocycles. The number of hydrogen-bond donors (Lipinski definition) is 1. The number of anilines is 1. The van der Waals surface area contributed by atoms with Gasteiger partial charge in [0.15, 0.2) is 0 Å². The van der Waals surface area contributed by atoms with Crippen LogP contribution in [0.1, 0.15) is 10.4 Å². The summed E-state index contributed by atoms with van der Waals surface area (Å²) in [5.74, 6) is -0.582. The Morgan fingerprint density at radius 2 is 1.95 bits per heavy atom. The number of nitro groups is 1. The van der Waals surface area contributed by atoms with Crippen molar-refractivity contribution in [1.82, 2.24) is 0 Å². The molecule has 1 amide bonds. The molecule has 102 valence electrons. The summed E-state index contributed by atoms with van der Waals surface area (Å²) < 4.78 is 0.770. The fourth-order valence-corrected chi connectivity index (χ4v) is 2.33. The van der Waals surface area contributed by atoms with E-state index >= 15 is 0 Å². The number of nitrogens with one attached hydrogen (secondary N) is 1. The van der Waals surface area contributed by atoms with Gasteiger partial charge >= 0.3 is 0 Å². The molecule has 0 aliphatic carbocycles. The molecular weight excluding hydrogens is 348 g/mol. The average molecular weight is 356 g/mol. The van der Waals surface area contributed by atoms with E-state index in [9.17, 15) is 14.9 Å². The highest BCUT2D eigenvalue weighted by Crippen LogP contribution is 2.27. The quantitative estimate of drug-likeness (QED) is 0.660. The van der Waals surface area contributed by atoms with Crippen LogP contribution in [-0.4, -0.2) is 10.8 Å². The molecule has 2 aromatic rings. The minimum atomic E-state index is -0.599. The van der Waals surface area contributed by atoms with E-state index in [0.717, 1.165) is 4.47 Å². The monoisotopic (exact) mass is 354 g/mol. The van der Waals surface area contributed by atoms with Crippen molar-refractivity contribution in [2.24, 2.45) is 0 Å². The van der Waals surface area contributed by atoms with Gasteiger partial charge in [-0.15, -0.1) is 0 Å². The van der Waals surface area contributed by atoms with Gasteiger partial charge in [-0.3, -0.25) is 14.9 Å². The Labute approximate surface area is 127 Å². The molecule has 0 aromatic heterocycles. The van der Waals surface area contributed by atoms with Crippen LogP contribution in [0.2, 0.25) is 5.02 Å². The summed E-state index contributed by atoms with van der Waals surface area (Å²) in [5.41, 5.74) is 0.118. The average Bonchev–Trinajstić information content (AvgIpc) is 2.41. The van der Waals surface area contributed by atoms with E-state index in [1.807, 2.05) is 0 Å². The van der Waals surface area contributed by atoms with Crippen molar-refractivity contribution in [1.29, 1.82) is 0 Å². The molecule has 7 heteroatoms. The van der Waals surface area contributed by atoms with Crippen molar-refractivity contribution < 1.29 is 9.72 Å². The molecule has 20 heavy (non-hydrogen) atoms. The van der Waals surface area contributed by atoms with Crippen molar-refractivity contribution in [2.45, 2.75) is 0 Å². The zero-order chi connectivity index (χ0) is 14.7. The number of para-hydroxylation sites is 1. The number of nitrogens with zero attached hydrogens (tertiary/aromatic N) is 1. The Morgan fingerprint density at radius 3 is 2.60 bits per heavy atom. The van der Waals surface area contributed by atoms with Crippen LogP contribution in [0, 0.1) is 10.1 Å². The largest absolute Gasteiger partial charge is 0.320 e. The van der Waals surface area contributed by atoms with E-state index in [4.69, 9.17) is 11.6 Å². The Balaban J connectivity index is 2.31. The molecular formula is C13H8BrClN2O3. The standard InChI is InChI=1S/C13H8BrClN2O3/c14-8-5-6-11(10(15)7-8)16-13(18)9-3-1-2-4-12(9)17(19)20/h1-7H,(H,16,18). The molecule has 5 nitrogen and oxygen atoms in total. The van der Waals surface area contributed by atoms with E-state index in [-0.39, 0.29) is 11.3 Å². The third kappa shape index (κ3) is 3.15. The summed E-state index contributed by atoms with van der Waals surface area (Å²) in [6.45, 7) is 0. The Kier molecular flexibility index (Phi) is 4.36. The van der Waals surface area contributed by atoms with Crippen LogP contribution in [0.25, 0.3) is 0 Å². The SMILES string of the molecule is O=C(Nc1ccc(Br)cc1Cl)c1ccccc1[N+](=O)[O-]. The second-order valence-corrected chi connectivity index (χ2v) is 5.18. The van der Waals surface area contributed by atoms with E-state index in [0.29, 0.717) is 10.7 Å². The molecule has 2 rings (SSSR count). The number of carbonyl (C=O) groups excluding carboxylic acids is 1. The molecule has 0 atom stereocenters. The summed E-state index contributed by atoms with van der Waals surface area (Å²) in [7, 11) is 0. The molecule has 1 N–H and O–H groups in total. The first kappa shape index (κ1) is 14.5. The van der Waals surface area contributed by atoms with Gasteiger partial charge in [0.2, 0.25) is 0 Å². The third-order valence-electron chi connectivity index (χ3n) is 2.52. The molecule has 0 saturated heterocycles. The first-order valence-corrected chi connectivity index (χ1v) is 6.66. The van der Waals surface area contributed by atoms with Gasteiger partial charge in [0, 0.05) is 10.5 Å². The molecule has 0 bridgehead atoms. The summed E-state index contributed by atoms with van der Waals surface area (Å²) in [5, 5.41) is 13.8. The van der Waals surface area contributed by atoms with Crippen molar-refractivity contribution in [3.63, 3.8) is 0 Å². The molecule has 0 aliphatic heterocycles. The molecule has 0 unspecified atom stereocenters. The van der Waals surface area contributed by atoms with Crippen LogP contribution >= 0.6 is 27.5 Å². The summed E-state index contributed by atoms with van der Waals surface area (Å²) in [6.07, 6.45) is 0. The zero-order valence-electron chi connectivity index (χ0n) is 9.97. The van der Waals surface area contributed by atoms with Crippen LogP contribution in [0.4, 0.5) is 11.4 Å². The summed E-state index contributed by atoms with van der Waals surface area (Å²) in [4.78, 5) is 22.4. The topological polar surface area (TPSA) is 72.2 Å². The highest BCUT2D eigenvalue weighted by molar-refractivity contribution is 9.10. The van der Waals surface area contributed by atoms with E-state index in [1.165, 1.54) is 18.2 Å². The molecule has 2 aromatic carbocycles. The van der Waals surface area contributed by atoms with Gasteiger partial charge in [0.25, 0.3) is 11.6 Å². The molecule has 0 radical (unpaired) electrons. The molecule has 0 heterocycles. The lowest BCUT2D eigenvalue weighted by Gasteiger charge is -2.07. The fraction of sp³-hybridized carbons (Fsp3) is 0. The zero-order valence-corrected chi connectivity index (χ0v) is 12.3. The van der Waals surface area contributed by atoms with Gasteiger partial charge in [-0.1, -0.05) is 39.7 Å². The van der Waals surface area contributed by atoms with Crippen molar-refractivity contribution >= 4 is 44.8 Å². The predicted octanol–water partition coefficient (Wildman–Crippen LogP) is 4.26. The van der Waals surface area contributed by atoms with Gasteiger partial charge in [0.05, 0.1) is 15.6 Å². The summed E-state index contributed by atoms with van der Waals surface area (Å²) in [6, 6.07) is 10.7. The maximum Gasteiger partial charge on any atom is 0.282 e. The van der Waals surface area contributed by atoms with Crippen molar-refractivity contribution in [3.05, 3.63) is 67.6 Å². The maximum absolute atomic E-state index is 12.1. The molecule has 0 spiro atoms. The van der Waals surface area contributed by atoms with E-state index in [1.54, 1.807) is 24.3 Å². The first-order chi connectivity index (χ1) is 9.49. The number of amides is 1. The van der Waals surface area contributed by atoms with Crippen LogP contribution < -0.4 is 5.32 Å². The van der Waals surface area contributed by atoms with Crippen LogP contribution in [-0.2, 0) is 0 Å². The van der Waals surface area contributed by atoms with Crippen molar-refractivity contribution in [3.8, 4) is 0 Å². The summed E-state index contributed by atoms with van der Waals surface area (Å²) >= 11 is 9.24. The number of hydrogen-bond acceptors (Lipinski definition) is 3. The maximum atomic E-state index is 12.1. The van der Waals surface area contributed by atoms with Crippen LogP contribution in [0.5, 0.6) is 0 Å². The predicted molar refractivity (Wildman–Crippen MR) is 80.2 cm³/mol. The Morgan fingerprint density at radius 1 is 1.25 bits per heavy atom.